The number of hydrogen-bond donors (Lipinski definition) is 11. The molecule has 1 aliphatic carbocycles. The van der Waals surface area contributed by atoms with E-state index in [1.807, 2.05) is 7.05 Å². The fraction of sp³-hybridized carbons (Fsp3) is 0.667. The Hall–Kier alpha value is -4.32. The van der Waals surface area contributed by atoms with Crippen molar-refractivity contribution < 1.29 is 33.9 Å². The highest BCUT2D eigenvalue weighted by Gasteiger charge is 2.40. The average molecular weight is 741 g/mol. The molecule has 53 heavy (non-hydrogen) atoms. The Morgan fingerprint density at radius 1 is 0.698 bits per heavy atom. The van der Waals surface area contributed by atoms with Gasteiger partial charge in [-0.1, -0.05) is 18.6 Å². The quantitative estimate of drug-likeness (QED) is 0.0800. The second-order valence-electron chi connectivity index (χ2n) is 15.0. The van der Waals surface area contributed by atoms with Gasteiger partial charge in [0.2, 0.25) is 35.4 Å². The van der Waals surface area contributed by atoms with Crippen molar-refractivity contribution in [1.82, 2.24) is 47.9 Å². The Kier molecular flexibility index (Phi) is 14.0. The number of nitrogens with two attached hydrogens (primary N) is 1. The molecule has 6 amide bonds. The maximum atomic E-state index is 13.6. The number of phenols is 1. The maximum Gasteiger partial charge on any atom is 0.226 e. The van der Waals surface area contributed by atoms with E-state index in [1.165, 1.54) is 0 Å². The summed E-state index contributed by atoms with van der Waals surface area (Å²) >= 11 is 0. The van der Waals surface area contributed by atoms with Crippen molar-refractivity contribution in [2.75, 3.05) is 46.3 Å². The van der Waals surface area contributed by atoms with E-state index in [-0.39, 0.29) is 60.1 Å². The normalized spacial score (nSPS) is 29.2. The largest absolute Gasteiger partial charge is 0.508 e. The second kappa shape index (κ2) is 18.6. The number of carbonyl (C=O) groups excluding carboxylic acids is 6. The monoisotopic (exact) mass is 740 g/mol. The van der Waals surface area contributed by atoms with E-state index in [4.69, 9.17) is 5.73 Å². The average Bonchev–Trinajstić information content (AvgIpc) is 3.93. The van der Waals surface area contributed by atoms with Gasteiger partial charge in [0.25, 0.3) is 0 Å². The van der Waals surface area contributed by atoms with E-state index in [2.05, 4.69) is 47.9 Å². The van der Waals surface area contributed by atoms with E-state index in [1.54, 1.807) is 31.2 Å². The van der Waals surface area contributed by atoms with E-state index in [9.17, 15) is 33.9 Å². The first-order chi connectivity index (χ1) is 25.4. The molecule has 12 N–H and O–H groups in total. The minimum Gasteiger partial charge on any atom is -0.508 e. The standard InChI is InChI=1S/C36H56N10O7/c1-19(10-31(48)44-28-16-39-13-24(28)33(37)50)42-35(52)26-15-41-18-30(26)46-36(53)25-14-40-17-29(25)45-32(49)12-21(11-20-6-8-22(47)9-7-20)43-34(51)23-4-3-5-27(23)38-2/h6-9,19,21,23-30,38-41,47H,3-5,10-18H2,1-2H3,(H2,37,50)(H,42,52)(H,43,51)(H,44,48)(H,45,49)(H,46,53)/t19-,21-,23?,24?,25?,26?,27?,28?,29?,30?/m0/s1. The summed E-state index contributed by atoms with van der Waals surface area (Å²) in [6, 6.07) is 4.35. The summed E-state index contributed by atoms with van der Waals surface area (Å²) in [6.07, 6.45) is 3.03. The van der Waals surface area contributed by atoms with Gasteiger partial charge in [0.15, 0.2) is 0 Å². The molecule has 8 unspecified atom stereocenters. The third-order valence-corrected chi connectivity index (χ3v) is 11.0. The van der Waals surface area contributed by atoms with Crippen molar-refractivity contribution in [3.05, 3.63) is 29.8 Å². The van der Waals surface area contributed by atoms with Crippen LogP contribution in [0.2, 0.25) is 0 Å². The van der Waals surface area contributed by atoms with Crippen LogP contribution in [0.4, 0.5) is 0 Å². The summed E-state index contributed by atoms with van der Waals surface area (Å²) in [5.74, 6) is -3.48. The SMILES string of the molecule is CNC1CCCC1C(=O)N[C@H](CC(=O)NC1CNCC1C(=O)NC1CNCC1C(=O)N[C@@H](C)CC(=O)NC1CNCC1C(N)=O)Cc1ccc(O)cc1. The molecule has 17 nitrogen and oxygen atoms in total. The highest BCUT2D eigenvalue weighted by molar-refractivity contribution is 5.86. The lowest BCUT2D eigenvalue weighted by molar-refractivity contribution is -0.128. The van der Waals surface area contributed by atoms with Crippen molar-refractivity contribution in [2.45, 2.75) is 81.7 Å². The Bertz CT molecular complexity index is 1480. The van der Waals surface area contributed by atoms with E-state index >= 15 is 0 Å². The number of aromatic hydroxyl groups is 1. The van der Waals surface area contributed by atoms with Gasteiger partial charge in [0.05, 0.1) is 41.8 Å². The van der Waals surface area contributed by atoms with Crippen LogP contribution in [-0.2, 0) is 35.2 Å². The zero-order valence-corrected chi connectivity index (χ0v) is 30.5. The zero-order valence-electron chi connectivity index (χ0n) is 30.5. The Morgan fingerprint density at radius 3 is 1.87 bits per heavy atom. The number of phenolic OH excluding ortho intramolecular Hbond substituents is 1. The van der Waals surface area contributed by atoms with Gasteiger partial charge >= 0.3 is 0 Å². The van der Waals surface area contributed by atoms with E-state index in [0.29, 0.717) is 45.7 Å². The van der Waals surface area contributed by atoms with Crippen LogP contribution < -0.4 is 53.6 Å². The Morgan fingerprint density at radius 2 is 1.25 bits per heavy atom. The molecular weight excluding hydrogens is 684 g/mol. The van der Waals surface area contributed by atoms with Crippen LogP contribution in [0.1, 0.15) is 44.6 Å². The van der Waals surface area contributed by atoms with Crippen LogP contribution in [0.3, 0.4) is 0 Å². The summed E-state index contributed by atoms with van der Waals surface area (Å²) in [4.78, 5) is 77.9. The molecule has 0 radical (unpaired) electrons. The molecule has 292 valence electrons. The predicted molar refractivity (Wildman–Crippen MR) is 195 cm³/mol. The molecule has 3 aliphatic heterocycles. The zero-order chi connectivity index (χ0) is 38.1. The molecule has 0 bridgehead atoms. The molecule has 3 heterocycles. The Balaban J connectivity index is 1.12. The van der Waals surface area contributed by atoms with Crippen molar-refractivity contribution in [3.8, 4) is 5.75 Å². The number of primary amides is 1. The molecule has 4 aliphatic rings. The first-order valence-electron chi connectivity index (χ1n) is 18.8. The lowest BCUT2D eigenvalue weighted by atomic mass is 9.97. The number of rotatable bonds is 16. The molecule has 0 aromatic heterocycles. The van der Waals surface area contributed by atoms with Crippen LogP contribution in [0.15, 0.2) is 24.3 Å². The molecule has 1 aromatic carbocycles. The molecular formula is C36H56N10O7. The number of carbonyl (C=O) groups is 6. The lowest BCUT2D eigenvalue weighted by Crippen LogP contribution is -2.53. The number of benzene rings is 1. The topological polar surface area (TPSA) is 257 Å². The van der Waals surface area contributed by atoms with Crippen molar-refractivity contribution in [2.24, 2.45) is 29.4 Å². The fourth-order valence-electron chi connectivity index (χ4n) is 8.08. The molecule has 17 heteroatoms. The molecule has 1 aromatic rings. The molecule has 10 atom stereocenters. The molecule has 5 rings (SSSR count). The van der Waals surface area contributed by atoms with Gasteiger partial charge in [0.1, 0.15) is 5.75 Å². The number of amides is 6. The van der Waals surface area contributed by atoms with Crippen LogP contribution in [-0.4, -0.2) is 123 Å². The van der Waals surface area contributed by atoms with Crippen LogP contribution in [0.25, 0.3) is 0 Å². The minimum absolute atomic E-state index is 0.00264. The van der Waals surface area contributed by atoms with Gasteiger partial charge in [-0.05, 0) is 50.9 Å². The van der Waals surface area contributed by atoms with Crippen molar-refractivity contribution >= 4 is 35.4 Å². The third kappa shape index (κ3) is 10.9. The highest BCUT2D eigenvalue weighted by Crippen LogP contribution is 2.26. The summed E-state index contributed by atoms with van der Waals surface area (Å²) in [5, 5.41) is 37.2. The van der Waals surface area contributed by atoms with Gasteiger partial charge in [-0.15, -0.1) is 0 Å². The number of hydrogen-bond acceptors (Lipinski definition) is 11. The van der Waals surface area contributed by atoms with Crippen LogP contribution in [0.5, 0.6) is 5.75 Å². The molecule has 0 spiro atoms. The van der Waals surface area contributed by atoms with Gasteiger partial charge < -0.3 is 58.7 Å². The minimum atomic E-state index is -0.583. The van der Waals surface area contributed by atoms with E-state index in [0.717, 1.165) is 24.8 Å². The third-order valence-electron chi connectivity index (χ3n) is 11.0. The molecule has 1 saturated carbocycles. The van der Waals surface area contributed by atoms with Crippen LogP contribution >= 0.6 is 0 Å². The smallest absolute Gasteiger partial charge is 0.226 e. The summed E-state index contributed by atoms with van der Waals surface area (Å²) in [5.41, 5.74) is 6.30. The molecule has 3 saturated heterocycles. The van der Waals surface area contributed by atoms with E-state index < -0.39 is 53.9 Å². The summed E-state index contributed by atoms with van der Waals surface area (Å²) < 4.78 is 0. The highest BCUT2D eigenvalue weighted by atomic mass is 16.3. The van der Waals surface area contributed by atoms with Crippen molar-refractivity contribution in [1.29, 1.82) is 0 Å². The summed E-state index contributed by atoms with van der Waals surface area (Å²) in [7, 11) is 1.85. The van der Waals surface area contributed by atoms with Gasteiger partial charge in [-0.2, -0.15) is 0 Å². The molecule has 4 fully saturated rings. The first-order valence-corrected chi connectivity index (χ1v) is 18.8. The van der Waals surface area contributed by atoms with Gasteiger partial charge in [-0.25, -0.2) is 0 Å². The second-order valence-corrected chi connectivity index (χ2v) is 15.0. The first kappa shape index (κ1) is 39.9. The predicted octanol–water partition coefficient (Wildman–Crippen LogP) is -3.31. The van der Waals surface area contributed by atoms with Crippen LogP contribution in [0, 0.1) is 23.7 Å². The van der Waals surface area contributed by atoms with Gasteiger partial charge in [0, 0.05) is 70.2 Å². The fourth-order valence-corrected chi connectivity index (χ4v) is 8.08. The maximum absolute atomic E-state index is 13.6. The summed E-state index contributed by atoms with van der Waals surface area (Å²) in [6.45, 7) is 4.01. The van der Waals surface area contributed by atoms with Crippen molar-refractivity contribution in [3.63, 3.8) is 0 Å². The number of nitrogens with one attached hydrogen (secondary N) is 9. The Labute approximate surface area is 309 Å². The lowest BCUT2D eigenvalue weighted by Gasteiger charge is -2.26. The van der Waals surface area contributed by atoms with Gasteiger partial charge in [-0.3, -0.25) is 28.8 Å².